The van der Waals surface area contributed by atoms with Gasteiger partial charge in [0.2, 0.25) is 0 Å². The van der Waals surface area contributed by atoms with Crippen molar-refractivity contribution in [1.82, 2.24) is 4.90 Å². The number of ether oxygens (including phenoxy) is 1. The van der Waals surface area contributed by atoms with Crippen LogP contribution in [0.4, 0.5) is 0 Å². The van der Waals surface area contributed by atoms with Gasteiger partial charge in [0.05, 0.1) is 6.61 Å². The van der Waals surface area contributed by atoms with E-state index in [2.05, 4.69) is 11.9 Å². The normalized spacial score (nSPS) is 21.5. The second-order valence-electron chi connectivity index (χ2n) is 4.60. The molecule has 1 fully saturated rings. The molecule has 1 heterocycles. The second-order valence-corrected chi connectivity index (χ2v) is 5.44. The van der Waals surface area contributed by atoms with Crippen LogP contribution in [0, 0.1) is 0 Å². The van der Waals surface area contributed by atoms with Crippen molar-refractivity contribution in [2.24, 2.45) is 5.73 Å². The highest BCUT2D eigenvalue weighted by atomic mass is 35.5. The van der Waals surface area contributed by atoms with E-state index in [1.54, 1.807) is 6.07 Å². The predicted octanol–water partition coefficient (Wildman–Crippen LogP) is 2.71. The van der Waals surface area contributed by atoms with Crippen LogP contribution in [-0.2, 0) is 4.74 Å². The minimum Gasteiger partial charge on any atom is -0.380 e. The SMILES string of the molecule is CN(C1CCOC1)C(CN)c1cc(Cl)ccc1Cl. The summed E-state index contributed by atoms with van der Waals surface area (Å²) in [5.74, 6) is 0. The summed E-state index contributed by atoms with van der Waals surface area (Å²) in [5, 5.41) is 1.39. The van der Waals surface area contributed by atoms with Crippen LogP contribution in [0.5, 0.6) is 0 Å². The summed E-state index contributed by atoms with van der Waals surface area (Å²) >= 11 is 12.3. The second kappa shape index (κ2) is 6.22. The van der Waals surface area contributed by atoms with E-state index in [4.69, 9.17) is 33.7 Å². The van der Waals surface area contributed by atoms with Crippen LogP contribution in [0.3, 0.4) is 0 Å². The highest BCUT2D eigenvalue weighted by molar-refractivity contribution is 6.33. The molecule has 2 N–H and O–H groups in total. The van der Waals surface area contributed by atoms with Gasteiger partial charge in [0.1, 0.15) is 0 Å². The van der Waals surface area contributed by atoms with Gasteiger partial charge in [-0.3, -0.25) is 4.90 Å². The van der Waals surface area contributed by atoms with Gasteiger partial charge in [0.15, 0.2) is 0 Å². The molecule has 0 bridgehead atoms. The van der Waals surface area contributed by atoms with Gasteiger partial charge in [-0.2, -0.15) is 0 Å². The minimum atomic E-state index is 0.0721. The summed E-state index contributed by atoms with van der Waals surface area (Å²) in [6.07, 6.45) is 1.03. The first-order valence-electron chi connectivity index (χ1n) is 6.08. The molecule has 0 radical (unpaired) electrons. The van der Waals surface area contributed by atoms with Crippen LogP contribution < -0.4 is 5.73 Å². The summed E-state index contributed by atoms with van der Waals surface area (Å²) in [6, 6.07) is 5.98. The number of rotatable bonds is 4. The number of likely N-dealkylation sites (N-methyl/N-ethyl adjacent to an activating group) is 1. The summed E-state index contributed by atoms with van der Waals surface area (Å²) in [4.78, 5) is 2.24. The number of halogens is 2. The van der Waals surface area contributed by atoms with E-state index in [-0.39, 0.29) is 6.04 Å². The van der Waals surface area contributed by atoms with E-state index >= 15 is 0 Å². The van der Waals surface area contributed by atoms with E-state index < -0.39 is 0 Å². The van der Waals surface area contributed by atoms with E-state index in [1.165, 1.54) is 0 Å². The van der Waals surface area contributed by atoms with Crippen molar-refractivity contribution in [1.29, 1.82) is 0 Å². The van der Waals surface area contributed by atoms with Gasteiger partial charge < -0.3 is 10.5 Å². The molecule has 1 aliphatic heterocycles. The Kier molecular flexibility index (Phi) is 4.87. The molecular weight excluding hydrogens is 271 g/mol. The molecule has 0 amide bonds. The lowest BCUT2D eigenvalue weighted by Crippen LogP contribution is -2.39. The zero-order valence-electron chi connectivity index (χ0n) is 10.4. The fourth-order valence-electron chi connectivity index (χ4n) is 2.38. The van der Waals surface area contributed by atoms with Gasteiger partial charge in [-0.25, -0.2) is 0 Å². The van der Waals surface area contributed by atoms with E-state index in [1.807, 2.05) is 12.1 Å². The maximum Gasteiger partial charge on any atom is 0.0622 e. The van der Waals surface area contributed by atoms with Gasteiger partial charge in [-0.1, -0.05) is 23.2 Å². The first-order valence-corrected chi connectivity index (χ1v) is 6.83. The van der Waals surface area contributed by atoms with Crippen LogP contribution in [0.25, 0.3) is 0 Å². The lowest BCUT2D eigenvalue weighted by Gasteiger charge is -2.32. The Hall–Kier alpha value is -0.320. The van der Waals surface area contributed by atoms with Gasteiger partial charge in [0, 0.05) is 35.3 Å². The average Bonchev–Trinajstić information content (AvgIpc) is 2.88. The van der Waals surface area contributed by atoms with Crippen LogP contribution in [-0.4, -0.2) is 37.7 Å². The molecule has 1 aromatic carbocycles. The predicted molar refractivity (Wildman–Crippen MR) is 75.2 cm³/mol. The van der Waals surface area contributed by atoms with E-state index in [0.717, 1.165) is 25.2 Å². The largest absolute Gasteiger partial charge is 0.380 e. The fourth-order valence-corrected chi connectivity index (χ4v) is 2.80. The lowest BCUT2D eigenvalue weighted by molar-refractivity contribution is 0.134. The fraction of sp³-hybridized carbons (Fsp3) is 0.538. The quantitative estimate of drug-likeness (QED) is 0.926. The molecule has 2 atom stereocenters. The Labute approximate surface area is 118 Å². The zero-order valence-corrected chi connectivity index (χ0v) is 11.9. The third kappa shape index (κ3) is 2.98. The lowest BCUT2D eigenvalue weighted by atomic mass is 10.0. The minimum absolute atomic E-state index is 0.0721. The number of nitrogens with two attached hydrogens (primary N) is 1. The van der Waals surface area contributed by atoms with E-state index in [0.29, 0.717) is 22.6 Å². The molecule has 0 spiro atoms. The van der Waals surface area contributed by atoms with Crippen molar-refractivity contribution < 1.29 is 4.74 Å². The molecule has 1 aromatic rings. The summed E-state index contributed by atoms with van der Waals surface area (Å²) < 4.78 is 5.42. The number of benzene rings is 1. The molecule has 3 nitrogen and oxygen atoms in total. The first kappa shape index (κ1) is 14.1. The maximum absolute atomic E-state index is 6.25. The number of hydrogen-bond acceptors (Lipinski definition) is 3. The average molecular weight is 289 g/mol. The highest BCUT2D eigenvalue weighted by Gasteiger charge is 2.27. The molecule has 0 saturated carbocycles. The Balaban J connectivity index is 2.23. The van der Waals surface area contributed by atoms with Crippen molar-refractivity contribution in [2.45, 2.75) is 18.5 Å². The maximum atomic E-state index is 6.25. The molecule has 0 aromatic heterocycles. The van der Waals surface area contributed by atoms with Crippen LogP contribution in [0.1, 0.15) is 18.0 Å². The van der Waals surface area contributed by atoms with Crippen molar-refractivity contribution in [3.8, 4) is 0 Å². The molecule has 1 aliphatic rings. The molecule has 5 heteroatoms. The van der Waals surface area contributed by atoms with Gasteiger partial charge >= 0.3 is 0 Å². The monoisotopic (exact) mass is 288 g/mol. The Morgan fingerprint density at radius 3 is 2.89 bits per heavy atom. The highest BCUT2D eigenvalue weighted by Crippen LogP contribution is 2.31. The van der Waals surface area contributed by atoms with Crippen molar-refractivity contribution in [2.75, 3.05) is 26.8 Å². The van der Waals surface area contributed by atoms with E-state index in [9.17, 15) is 0 Å². The molecule has 0 aliphatic carbocycles. The van der Waals surface area contributed by atoms with Crippen LogP contribution >= 0.6 is 23.2 Å². The number of nitrogens with zero attached hydrogens (tertiary/aromatic N) is 1. The van der Waals surface area contributed by atoms with Gasteiger partial charge in [0.25, 0.3) is 0 Å². The van der Waals surface area contributed by atoms with Crippen molar-refractivity contribution >= 4 is 23.2 Å². The molecule has 2 unspecified atom stereocenters. The third-order valence-electron chi connectivity index (χ3n) is 3.51. The summed E-state index contributed by atoms with van der Waals surface area (Å²) in [5.41, 5.74) is 6.90. The Morgan fingerprint density at radius 1 is 1.50 bits per heavy atom. The molecule has 100 valence electrons. The number of hydrogen-bond donors (Lipinski definition) is 1. The van der Waals surface area contributed by atoms with Crippen molar-refractivity contribution in [3.05, 3.63) is 33.8 Å². The third-order valence-corrected chi connectivity index (χ3v) is 4.09. The van der Waals surface area contributed by atoms with Crippen molar-refractivity contribution in [3.63, 3.8) is 0 Å². The Morgan fingerprint density at radius 2 is 2.28 bits per heavy atom. The first-order chi connectivity index (χ1) is 8.63. The standard InChI is InChI=1S/C13H18Cl2N2O/c1-17(10-4-5-18-8-10)13(7-16)11-6-9(14)2-3-12(11)15/h2-3,6,10,13H,4-5,7-8,16H2,1H3. The smallest absolute Gasteiger partial charge is 0.0622 e. The molecule has 2 rings (SSSR count). The zero-order chi connectivity index (χ0) is 13.1. The topological polar surface area (TPSA) is 38.5 Å². The Bertz CT molecular complexity index is 408. The molecular formula is C13H18Cl2N2O. The molecule has 1 saturated heterocycles. The van der Waals surface area contributed by atoms with Gasteiger partial charge in [-0.15, -0.1) is 0 Å². The summed E-state index contributed by atoms with van der Waals surface area (Å²) in [6.45, 7) is 2.08. The van der Waals surface area contributed by atoms with Crippen LogP contribution in [0.15, 0.2) is 18.2 Å². The molecule has 18 heavy (non-hydrogen) atoms. The van der Waals surface area contributed by atoms with Crippen LogP contribution in [0.2, 0.25) is 10.0 Å². The van der Waals surface area contributed by atoms with Gasteiger partial charge in [-0.05, 0) is 37.2 Å². The summed E-state index contributed by atoms with van der Waals surface area (Å²) in [7, 11) is 2.06.